The van der Waals surface area contributed by atoms with Crippen molar-refractivity contribution in [3.63, 3.8) is 0 Å². The second-order valence-corrected chi connectivity index (χ2v) is 8.69. The molecule has 0 bridgehead atoms. The van der Waals surface area contributed by atoms with Gasteiger partial charge in [-0.2, -0.15) is 0 Å². The fourth-order valence-corrected chi connectivity index (χ4v) is 4.33. The molecule has 2 atom stereocenters. The van der Waals surface area contributed by atoms with Crippen LogP contribution in [0.3, 0.4) is 0 Å². The van der Waals surface area contributed by atoms with Gasteiger partial charge in [0, 0.05) is 48.2 Å². The average molecular weight is 412 g/mol. The maximum atomic E-state index is 12.4. The summed E-state index contributed by atoms with van der Waals surface area (Å²) in [5.74, 6) is 1.13. The van der Waals surface area contributed by atoms with Crippen LogP contribution in [0.2, 0.25) is 0 Å². The lowest BCUT2D eigenvalue weighted by Gasteiger charge is -2.30. The molecule has 1 heterocycles. The Morgan fingerprint density at radius 3 is 2.90 bits per heavy atom. The number of para-hydroxylation sites is 1. The molecule has 0 spiro atoms. The van der Waals surface area contributed by atoms with Crippen molar-refractivity contribution in [1.29, 1.82) is 0 Å². The molecule has 3 rings (SSSR count). The smallest absolute Gasteiger partial charge is 0.223 e. The minimum absolute atomic E-state index is 0.0935. The fraction of sp³-hybridized carbons (Fsp3) is 0.583. The summed E-state index contributed by atoms with van der Waals surface area (Å²) in [6, 6.07) is 6.89. The summed E-state index contributed by atoms with van der Waals surface area (Å²) in [5, 5.41) is 11.3. The molecule has 0 saturated heterocycles. The number of aryl methyl sites for hydroxylation is 1. The zero-order valence-electron chi connectivity index (χ0n) is 18.8. The maximum Gasteiger partial charge on any atom is 0.223 e. The lowest BCUT2D eigenvalue weighted by atomic mass is 9.85. The summed E-state index contributed by atoms with van der Waals surface area (Å²) in [6.07, 6.45) is 6.99. The van der Waals surface area contributed by atoms with Gasteiger partial charge in [0.15, 0.2) is 5.96 Å². The van der Waals surface area contributed by atoms with Crippen molar-refractivity contribution in [3.05, 3.63) is 35.5 Å². The Hall–Kier alpha value is -2.50. The molecule has 1 aromatic heterocycles. The molecule has 30 heavy (non-hydrogen) atoms. The monoisotopic (exact) mass is 411 g/mol. The van der Waals surface area contributed by atoms with Crippen LogP contribution in [-0.4, -0.2) is 42.0 Å². The number of nitrogens with one attached hydrogen (secondary N) is 4. The van der Waals surface area contributed by atoms with Crippen molar-refractivity contribution < 1.29 is 4.79 Å². The molecule has 2 aromatic rings. The van der Waals surface area contributed by atoms with E-state index in [0.717, 1.165) is 51.2 Å². The van der Waals surface area contributed by atoms with Crippen LogP contribution in [0.15, 0.2) is 29.4 Å². The topological polar surface area (TPSA) is 81.3 Å². The number of aromatic nitrogens is 1. The lowest BCUT2D eigenvalue weighted by Crippen LogP contribution is -2.47. The molecule has 6 heteroatoms. The standard InChI is InChI=1S/C24H37N5O/c1-5-25-24(29-20-10-7-9-18(14-20)23(30)28-16(2)3)26-13-12-19-15-27-22-17(4)8-6-11-21(19)22/h6,8,11,15-16,18,20,27H,5,7,9-10,12-14H2,1-4H3,(H,28,30)(H2,25,26,29). The summed E-state index contributed by atoms with van der Waals surface area (Å²) < 4.78 is 0. The van der Waals surface area contributed by atoms with E-state index in [2.05, 4.69) is 59.2 Å². The van der Waals surface area contributed by atoms with E-state index in [9.17, 15) is 4.79 Å². The van der Waals surface area contributed by atoms with Crippen LogP contribution in [0.4, 0.5) is 0 Å². The van der Waals surface area contributed by atoms with Crippen molar-refractivity contribution in [1.82, 2.24) is 20.9 Å². The summed E-state index contributed by atoms with van der Waals surface area (Å²) in [7, 11) is 0. The summed E-state index contributed by atoms with van der Waals surface area (Å²) in [6.45, 7) is 9.79. The highest BCUT2D eigenvalue weighted by Crippen LogP contribution is 2.25. The first-order valence-electron chi connectivity index (χ1n) is 11.4. The van der Waals surface area contributed by atoms with Gasteiger partial charge < -0.3 is 20.9 Å². The van der Waals surface area contributed by atoms with Gasteiger partial charge in [-0.05, 0) is 64.5 Å². The number of nitrogens with zero attached hydrogens (tertiary/aromatic N) is 1. The largest absolute Gasteiger partial charge is 0.361 e. The van der Waals surface area contributed by atoms with Gasteiger partial charge in [0.1, 0.15) is 0 Å². The van der Waals surface area contributed by atoms with Gasteiger partial charge in [-0.1, -0.05) is 24.6 Å². The van der Waals surface area contributed by atoms with Crippen molar-refractivity contribution in [2.24, 2.45) is 10.9 Å². The SMILES string of the molecule is CCNC(=NCCc1c[nH]c2c(C)cccc12)NC1CCCC(C(=O)NC(C)C)C1. The number of amides is 1. The van der Waals surface area contributed by atoms with Crippen LogP contribution in [0.5, 0.6) is 0 Å². The molecule has 1 saturated carbocycles. The summed E-state index contributed by atoms with van der Waals surface area (Å²) in [4.78, 5) is 20.6. The van der Waals surface area contributed by atoms with Gasteiger partial charge in [0.25, 0.3) is 0 Å². The van der Waals surface area contributed by atoms with E-state index in [1.807, 2.05) is 13.8 Å². The van der Waals surface area contributed by atoms with E-state index in [1.165, 1.54) is 22.0 Å². The molecule has 4 N–H and O–H groups in total. The second-order valence-electron chi connectivity index (χ2n) is 8.69. The maximum absolute atomic E-state index is 12.4. The number of carbonyl (C=O) groups is 1. The Labute approximate surface area is 180 Å². The fourth-order valence-electron chi connectivity index (χ4n) is 4.33. The van der Waals surface area contributed by atoms with Gasteiger partial charge in [-0.15, -0.1) is 0 Å². The third-order valence-electron chi connectivity index (χ3n) is 5.82. The Morgan fingerprint density at radius 1 is 1.30 bits per heavy atom. The number of guanidine groups is 1. The number of benzene rings is 1. The van der Waals surface area contributed by atoms with Crippen LogP contribution in [0.1, 0.15) is 57.6 Å². The van der Waals surface area contributed by atoms with Crippen LogP contribution in [0.25, 0.3) is 10.9 Å². The van der Waals surface area contributed by atoms with Gasteiger partial charge in [-0.3, -0.25) is 9.79 Å². The van der Waals surface area contributed by atoms with Gasteiger partial charge >= 0.3 is 0 Å². The summed E-state index contributed by atoms with van der Waals surface area (Å²) >= 11 is 0. The predicted molar refractivity (Wildman–Crippen MR) is 125 cm³/mol. The number of hydrogen-bond acceptors (Lipinski definition) is 2. The molecule has 1 fully saturated rings. The van der Waals surface area contributed by atoms with Crippen LogP contribution in [-0.2, 0) is 11.2 Å². The van der Waals surface area contributed by atoms with Crippen LogP contribution < -0.4 is 16.0 Å². The normalized spacial score (nSPS) is 19.8. The third-order valence-corrected chi connectivity index (χ3v) is 5.82. The first-order valence-corrected chi connectivity index (χ1v) is 11.4. The molecular weight excluding hydrogens is 374 g/mol. The molecular formula is C24H37N5O. The number of fused-ring (bicyclic) bond motifs is 1. The molecule has 164 valence electrons. The molecule has 2 unspecified atom stereocenters. The Bertz CT molecular complexity index is 870. The van der Waals surface area contributed by atoms with Crippen molar-refractivity contribution in [2.45, 2.75) is 71.9 Å². The lowest BCUT2D eigenvalue weighted by molar-refractivity contribution is -0.126. The molecule has 0 radical (unpaired) electrons. The van der Waals surface area contributed by atoms with E-state index < -0.39 is 0 Å². The number of hydrogen-bond donors (Lipinski definition) is 4. The zero-order valence-corrected chi connectivity index (χ0v) is 18.8. The zero-order chi connectivity index (χ0) is 21.5. The van der Waals surface area contributed by atoms with E-state index in [4.69, 9.17) is 4.99 Å². The van der Waals surface area contributed by atoms with Gasteiger partial charge in [0.05, 0.1) is 0 Å². The van der Waals surface area contributed by atoms with E-state index in [-0.39, 0.29) is 23.9 Å². The van der Waals surface area contributed by atoms with Gasteiger partial charge in [-0.25, -0.2) is 0 Å². The quantitative estimate of drug-likeness (QED) is 0.415. The van der Waals surface area contributed by atoms with E-state index >= 15 is 0 Å². The Morgan fingerprint density at radius 2 is 2.13 bits per heavy atom. The van der Waals surface area contributed by atoms with Crippen LogP contribution in [0, 0.1) is 12.8 Å². The van der Waals surface area contributed by atoms with Crippen molar-refractivity contribution in [2.75, 3.05) is 13.1 Å². The highest BCUT2D eigenvalue weighted by atomic mass is 16.1. The number of aromatic amines is 1. The predicted octanol–water partition coefficient (Wildman–Crippen LogP) is 3.66. The molecule has 1 aliphatic rings. The second kappa shape index (κ2) is 10.5. The van der Waals surface area contributed by atoms with Crippen molar-refractivity contribution in [3.8, 4) is 0 Å². The average Bonchev–Trinajstić information content (AvgIpc) is 3.12. The van der Waals surface area contributed by atoms with E-state index in [1.54, 1.807) is 0 Å². The number of H-pyrrole nitrogens is 1. The molecule has 1 aromatic carbocycles. The van der Waals surface area contributed by atoms with Gasteiger partial charge in [0.2, 0.25) is 5.91 Å². The minimum Gasteiger partial charge on any atom is -0.361 e. The highest BCUT2D eigenvalue weighted by Gasteiger charge is 2.28. The minimum atomic E-state index is 0.0935. The molecule has 0 aliphatic heterocycles. The Balaban J connectivity index is 1.58. The highest BCUT2D eigenvalue weighted by molar-refractivity contribution is 5.86. The first kappa shape index (κ1) is 22.2. The molecule has 1 aliphatic carbocycles. The first-order chi connectivity index (χ1) is 14.5. The number of carbonyl (C=O) groups excluding carboxylic acids is 1. The molecule has 1 amide bonds. The summed E-state index contributed by atoms with van der Waals surface area (Å²) in [5.41, 5.74) is 3.79. The number of aliphatic imine (C=N–C) groups is 1. The van der Waals surface area contributed by atoms with Crippen LogP contribution >= 0.6 is 0 Å². The third kappa shape index (κ3) is 5.77. The molecule has 6 nitrogen and oxygen atoms in total. The number of rotatable bonds is 7. The van der Waals surface area contributed by atoms with Crippen molar-refractivity contribution >= 4 is 22.8 Å². The van der Waals surface area contributed by atoms with E-state index in [0.29, 0.717) is 0 Å². The Kier molecular flexibility index (Phi) is 7.77.